The number of morpholine rings is 1. The molecule has 2 aromatic rings. The van der Waals surface area contributed by atoms with Crippen LogP contribution in [0.25, 0.3) is 0 Å². The number of H-pyrrole nitrogens is 1. The first kappa shape index (κ1) is 19.1. The van der Waals surface area contributed by atoms with Gasteiger partial charge in [-0.05, 0) is 25.5 Å². The second kappa shape index (κ2) is 7.67. The number of aryl methyl sites for hydroxylation is 2. The summed E-state index contributed by atoms with van der Waals surface area (Å²) < 4.78 is 5.32. The molecule has 3 heterocycles. The fraction of sp³-hybridized carbons (Fsp3) is 0.400. The standard InChI is InChI=1S/C20H23N5O4/c1-11-3-4-14(12(2)9-11)21-18(27)13-10-15(26)22-17-16(13)19(28)24-20(23-17)25-5-7-29-8-6-25/h3-4,9,13H,5-8,10H2,1-2H3,(H,21,27)(H2,22,23,24,26,28)/t13-/m0/s1. The SMILES string of the molecule is Cc1ccc(NC(=O)[C@H]2CC(=O)Nc3nc(N4CCOCC4)[nH]c(=O)c32)c(C)c1. The lowest BCUT2D eigenvalue weighted by Gasteiger charge is -2.29. The lowest BCUT2D eigenvalue weighted by atomic mass is 9.92. The maximum absolute atomic E-state index is 13.0. The molecule has 1 aromatic carbocycles. The molecule has 1 aromatic heterocycles. The summed E-state index contributed by atoms with van der Waals surface area (Å²) in [6.07, 6.45) is -0.106. The Morgan fingerprint density at radius 3 is 2.72 bits per heavy atom. The number of benzene rings is 1. The summed E-state index contributed by atoms with van der Waals surface area (Å²) in [6.45, 7) is 6.12. The quantitative estimate of drug-likeness (QED) is 0.719. The van der Waals surface area contributed by atoms with E-state index in [1.54, 1.807) is 0 Å². The van der Waals surface area contributed by atoms with Crippen molar-refractivity contribution in [3.63, 3.8) is 0 Å². The van der Waals surface area contributed by atoms with Crippen LogP contribution in [0.3, 0.4) is 0 Å². The first-order chi connectivity index (χ1) is 13.9. The zero-order valence-electron chi connectivity index (χ0n) is 16.4. The van der Waals surface area contributed by atoms with Crippen molar-refractivity contribution in [3.05, 3.63) is 45.2 Å². The van der Waals surface area contributed by atoms with E-state index in [0.29, 0.717) is 37.9 Å². The summed E-state index contributed by atoms with van der Waals surface area (Å²) in [7, 11) is 0. The highest BCUT2D eigenvalue weighted by molar-refractivity contribution is 6.04. The predicted molar refractivity (Wildman–Crippen MR) is 108 cm³/mol. The molecule has 4 rings (SSSR count). The van der Waals surface area contributed by atoms with Gasteiger partial charge in [0.15, 0.2) is 0 Å². The van der Waals surface area contributed by atoms with Gasteiger partial charge in [-0.3, -0.25) is 19.4 Å². The fourth-order valence-electron chi connectivity index (χ4n) is 3.68. The summed E-state index contributed by atoms with van der Waals surface area (Å²) in [5.41, 5.74) is 2.41. The number of rotatable bonds is 3. The van der Waals surface area contributed by atoms with E-state index in [9.17, 15) is 14.4 Å². The summed E-state index contributed by atoms with van der Waals surface area (Å²) in [4.78, 5) is 47.1. The highest BCUT2D eigenvalue weighted by Gasteiger charge is 2.35. The molecule has 29 heavy (non-hydrogen) atoms. The molecule has 1 fully saturated rings. The number of hydrogen-bond acceptors (Lipinski definition) is 6. The number of aromatic amines is 1. The van der Waals surface area contributed by atoms with Crippen molar-refractivity contribution >= 4 is 29.3 Å². The summed E-state index contributed by atoms with van der Waals surface area (Å²) >= 11 is 0. The number of carbonyl (C=O) groups excluding carboxylic acids is 2. The van der Waals surface area contributed by atoms with E-state index in [2.05, 4.69) is 20.6 Å². The lowest BCUT2D eigenvalue weighted by Crippen LogP contribution is -2.41. The lowest BCUT2D eigenvalue weighted by molar-refractivity contribution is -0.123. The second-order valence-corrected chi connectivity index (χ2v) is 7.36. The van der Waals surface area contributed by atoms with Gasteiger partial charge >= 0.3 is 0 Å². The molecule has 0 saturated carbocycles. The Kier molecular flexibility index (Phi) is 5.06. The second-order valence-electron chi connectivity index (χ2n) is 7.36. The molecule has 1 saturated heterocycles. The Hall–Kier alpha value is -3.20. The smallest absolute Gasteiger partial charge is 0.258 e. The number of hydrogen-bond donors (Lipinski definition) is 3. The molecule has 0 unspecified atom stereocenters. The summed E-state index contributed by atoms with van der Waals surface area (Å²) in [5.74, 6) is -1.14. The molecule has 9 nitrogen and oxygen atoms in total. The number of nitrogens with one attached hydrogen (secondary N) is 3. The maximum Gasteiger partial charge on any atom is 0.258 e. The van der Waals surface area contributed by atoms with Gasteiger partial charge in [-0.2, -0.15) is 4.98 Å². The maximum atomic E-state index is 13.0. The van der Waals surface area contributed by atoms with Crippen molar-refractivity contribution in [2.75, 3.05) is 41.8 Å². The van der Waals surface area contributed by atoms with E-state index in [4.69, 9.17) is 4.74 Å². The van der Waals surface area contributed by atoms with Gasteiger partial charge in [0, 0.05) is 25.2 Å². The number of ether oxygens (including phenoxy) is 1. The van der Waals surface area contributed by atoms with Crippen LogP contribution >= 0.6 is 0 Å². The van der Waals surface area contributed by atoms with Crippen LogP contribution in [0.15, 0.2) is 23.0 Å². The van der Waals surface area contributed by atoms with Gasteiger partial charge in [0.1, 0.15) is 5.82 Å². The van der Waals surface area contributed by atoms with Crippen LogP contribution in [-0.4, -0.2) is 48.1 Å². The molecule has 0 spiro atoms. The number of nitrogens with zero attached hydrogens (tertiary/aromatic N) is 2. The molecular weight excluding hydrogens is 374 g/mol. The highest BCUT2D eigenvalue weighted by atomic mass is 16.5. The zero-order chi connectivity index (χ0) is 20.5. The van der Waals surface area contributed by atoms with Crippen LogP contribution in [0.1, 0.15) is 29.0 Å². The first-order valence-electron chi connectivity index (χ1n) is 9.57. The van der Waals surface area contributed by atoms with Crippen LogP contribution in [0, 0.1) is 13.8 Å². The molecule has 0 aliphatic carbocycles. The first-order valence-corrected chi connectivity index (χ1v) is 9.57. The van der Waals surface area contributed by atoms with Crippen molar-refractivity contribution in [1.82, 2.24) is 9.97 Å². The van der Waals surface area contributed by atoms with Crippen molar-refractivity contribution in [1.29, 1.82) is 0 Å². The monoisotopic (exact) mass is 397 g/mol. The van der Waals surface area contributed by atoms with Crippen LogP contribution in [0.2, 0.25) is 0 Å². The van der Waals surface area contributed by atoms with Gasteiger partial charge in [-0.15, -0.1) is 0 Å². The Bertz CT molecular complexity index is 1030. The van der Waals surface area contributed by atoms with E-state index in [-0.39, 0.29) is 23.7 Å². The molecule has 9 heteroatoms. The van der Waals surface area contributed by atoms with Crippen molar-refractivity contribution in [2.24, 2.45) is 0 Å². The number of amides is 2. The molecule has 2 aliphatic heterocycles. The average Bonchev–Trinajstić information content (AvgIpc) is 2.69. The third-order valence-electron chi connectivity index (χ3n) is 5.21. The molecule has 2 amide bonds. The van der Waals surface area contributed by atoms with Crippen LogP contribution in [-0.2, 0) is 14.3 Å². The minimum absolute atomic E-state index is 0.106. The van der Waals surface area contributed by atoms with Gasteiger partial charge in [-0.25, -0.2) is 0 Å². The summed E-state index contributed by atoms with van der Waals surface area (Å²) in [6, 6.07) is 5.67. The Labute approximate surface area is 167 Å². The summed E-state index contributed by atoms with van der Waals surface area (Å²) in [5, 5.41) is 5.49. The van der Waals surface area contributed by atoms with Crippen LogP contribution < -0.4 is 21.1 Å². The molecule has 2 aliphatic rings. The van der Waals surface area contributed by atoms with Crippen LogP contribution in [0.5, 0.6) is 0 Å². The number of aromatic nitrogens is 2. The normalized spacial score (nSPS) is 18.8. The molecular formula is C20H23N5O4. The van der Waals surface area contributed by atoms with Gasteiger partial charge in [-0.1, -0.05) is 17.7 Å². The third kappa shape index (κ3) is 3.86. The third-order valence-corrected chi connectivity index (χ3v) is 5.21. The van der Waals surface area contributed by atoms with E-state index in [1.165, 1.54) is 0 Å². The van der Waals surface area contributed by atoms with E-state index < -0.39 is 17.4 Å². The van der Waals surface area contributed by atoms with E-state index >= 15 is 0 Å². The number of fused-ring (bicyclic) bond motifs is 1. The minimum Gasteiger partial charge on any atom is -0.378 e. The zero-order valence-corrected chi connectivity index (χ0v) is 16.4. The van der Waals surface area contributed by atoms with E-state index in [1.807, 2.05) is 36.9 Å². The van der Waals surface area contributed by atoms with E-state index in [0.717, 1.165) is 11.1 Å². The van der Waals surface area contributed by atoms with Gasteiger partial charge in [0.2, 0.25) is 17.8 Å². The molecule has 1 atom stereocenters. The van der Waals surface area contributed by atoms with Gasteiger partial charge in [0.05, 0.1) is 24.7 Å². The largest absolute Gasteiger partial charge is 0.378 e. The predicted octanol–water partition coefficient (Wildman–Crippen LogP) is 1.29. The molecule has 0 bridgehead atoms. The molecule has 0 radical (unpaired) electrons. The van der Waals surface area contributed by atoms with Crippen molar-refractivity contribution < 1.29 is 14.3 Å². The topological polar surface area (TPSA) is 116 Å². The number of anilines is 3. The average molecular weight is 397 g/mol. The Morgan fingerprint density at radius 2 is 2.00 bits per heavy atom. The molecule has 3 N–H and O–H groups in total. The highest BCUT2D eigenvalue weighted by Crippen LogP contribution is 2.30. The Morgan fingerprint density at radius 1 is 1.24 bits per heavy atom. The van der Waals surface area contributed by atoms with Crippen molar-refractivity contribution in [3.8, 4) is 0 Å². The van der Waals surface area contributed by atoms with Gasteiger partial charge in [0.25, 0.3) is 5.56 Å². The molecule has 152 valence electrons. The van der Waals surface area contributed by atoms with Crippen LogP contribution in [0.4, 0.5) is 17.5 Å². The van der Waals surface area contributed by atoms with Gasteiger partial charge < -0.3 is 20.3 Å². The minimum atomic E-state index is -0.908. The fourth-order valence-corrected chi connectivity index (χ4v) is 3.68. The van der Waals surface area contributed by atoms with Crippen molar-refractivity contribution in [2.45, 2.75) is 26.2 Å². The number of carbonyl (C=O) groups is 2. The Balaban J connectivity index is 1.65.